The highest BCUT2D eigenvalue weighted by atomic mass is 19.4. The second-order valence-electron chi connectivity index (χ2n) is 5.16. The lowest BCUT2D eigenvalue weighted by Gasteiger charge is -2.11. The molecule has 0 radical (unpaired) electrons. The van der Waals surface area contributed by atoms with Gasteiger partial charge in [-0.15, -0.1) is 0 Å². The summed E-state index contributed by atoms with van der Waals surface area (Å²) in [6.07, 6.45) is -4.50. The van der Waals surface area contributed by atoms with E-state index in [2.05, 4.69) is 5.32 Å². The Kier molecular flexibility index (Phi) is 6.21. The Morgan fingerprint density at radius 3 is 2.50 bits per heavy atom. The number of benzene rings is 2. The summed E-state index contributed by atoms with van der Waals surface area (Å²) in [6.45, 7) is 1.47. The van der Waals surface area contributed by atoms with Crippen LogP contribution in [0.25, 0.3) is 0 Å². The van der Waals surface area contributed by atoms with E-state index in [1.54, 1.807) is 19.1 Å². The molecule has 0 unspecified atom stereocenters. The molecule has 0 fully saturated rings. The van der Waals surface area contributed by atoms with Crippen LogP contribution in [0.1, 0.15) is 22.8 Å². The summed E-state index contributed by atoms with van der Waals surface area (Å²) in [7, 11) is 0. The fraction of sp³-hybridized carbons (Fsp3) is 0.222. The van der Waals surface area contributed by atoms with E-state index in [4.69, 9.17) is 9.47 Å². The Labute approximate surface area is 147 Å². The minimum absolute atomic E-state index is 0.00805. The molecule has 5 nitrogen and oxygen atoms in total. The van der Waals surface area contributed by atoms with Crippen LogP contribution in [0.3, 0.4) is 0 Å². The molecule has 2 rings (SSSR count). The highest BCUT2D eigenvalue weighted by molar-refractivity contribution is 5.92. The number of ether oxygens (including phenoxy) is 2. The summed E-state index contributed by atoms with van der Waals surface area (Å²) in [5.74, 6) is -0.896. The molecular weight excluding hydrogens is 351 g/mol. The maximum Gasteiger partial charge on any atom is 0.416 e. The summed E-state index contributed by atoms with van der Waals surface area (Å²) >= 11 is 0. The number of carbonyl (C=O) groups excluding carboxylic acids is 2. The number of esters is 1. The Bertz CT molecular complexity index is 790. The fourth-order valence-electron chi connectivity index (χ4n) is 2.05. The second kappa shape index (κ2) is 8.37. The van der Waals surface area contributed by atoms with Crippen molar-refractivity contribution in [1.82, 2.24) is 0 Å². The molecule has 0 aromatic heterocycles. The van der Waals surface area contributed by atoms with Gasteiger partial charge in [0.2, 0.25) is 0 Å². The molecule has 0 aliphatic rings. The normalized spacial score (nSPS) is 10.9. The van der Waals surface area contributed by atoms with Gasteiger partial charge in [0.05, 0.1) is 17.7 Å². The topological polar surface area (TPSA) is 64.6 Å². The highest BCUT2D eigenvalue weighted by Crippen LogP contribution is 2.30. The van der Waals surface area contributed by atoms with Gasteiger partial charge in [0.1, 0.15) is 5.75 Å². The number of nitrogens with one attached hydrogen (secondary N) is 1. The van der Waals surface area contributed by atoms with E-state index in [1.807, 2.05) is 0 Å². The number of anilines is 1. The van der Waals surface area contributed by atoms with Crippen LogP contribution in [0.4, 0.5) is 18.9 Å². The third-order valence-corrected chi connectivity index (χ3v) is 3.19. The summed E-state index contributed by atoms with van der Waals surface area (Å²) < 4.78 is 48.1. The molecule has 0 saturated carbocycles. The van der Waals surface area contributed by atoms with Gasteiger partial charge in [-0.1, -0.05) is 12.1 Å². The van der Waals surface area contributed by atoms with Crippen LogP contribution < -0.4 is 10.1 Å². The monoisotopic (exact) mass is 367 g/mol. The van der Waals surface area contributed by atoms with Gasteiger partial charge >= 0.3 is 12.1 Å². The minimum Gasteiger partial charge on any atom is -0.484 e. The Morgan fingerprint density at radius 1 is 1.08 bits per heavy atom. The molecule has 8 heteroatoms. The molecule has 0 heterocycles. The molecule has 0 spiro atoms. The van der Waals surface area contributed by atoms with Crippen molar-refractivity contribution in [3.8, 4) is 5.75 Å². The van der Waals surface area contributed by atoms with Crippen LogP contribution >= 0.6 is 0 Å². The van der Waals surface area contributed by atoms with E-state index in [1.165, 1.54) is 24.3 Å². The SMILES string of the molecule is CCOC(=O)c1cccc(OCC(=O)Nc2cccc(C(F)(F)F)c2)c1. The van der Waals surface area contributed by atoms with Gasteiger partial charge in [0.25, 0.3) is 5.91 Å². The zero-order valence-electron chi connectivity index (χ0n) is 13.8. The van der Waals surface area contributed by atoms with Crippen LogP contribution in [-0.2, 0) is 15.7 Å². The zero-order valence-corrected chi connectivity index (χ0v) is 13.8. The summed E-state index contributed by atoms with van der Waals surface area (Å²) in [4.78, 5) is 23.5. The first-order valence-corrected chi connectivity index (χ1v) is 7.66. The van der Waals surface area contributed by atoms with Gasteiger partial charge in [0.15, 0.2) is 6.61 Å². The summed E-state index contributed by atoms with van der Waals surface area (Å²) in [6, 6.07) is 10.3. The maximum atomic E-state index is 12.7. The average molecular weight is 367 g/mol. The fourth-order valence-corrected chi connectivity index (χ4v) is 2.05. The molecule has 0 aliphatic heterocycles. The third kappa shape index (κ3) is 5.51. The van der Waals surface area contributed by atoms with E-state index in [9.17, 15) is 22.8 Å². The molecule has 0 aliphatic carbocycles. The number of hydrogen-bond acceptors (Lipinski definition) is 4. The van der Waals surface area contributed by atoms with Crippen LogP contribution in [0.2, 0.25) is 0 Å². The smallest absolute Gasteiger partial charge is 0.416 e. The Hall–Kier alpha value is -3.03. The van der Waals surface area contributed by atoms with Gasteiger partial charge in [-0.2, -0.15) is 13.2 Å². The van der Waals surface area contributed by atoms with Gasteiger partial charge in [0, 0.05) is 5.69 Å². The highest BCUT2D eigenvalue weighted by Gasteiger charge is 2.30. The summed E-state index contributed by atoms with van der Waals surface area (Å²) in [5, 5.41) is 2.33. The first-order chi connectivity index (χ1) is 12.3. The van der Waals surface area contributed by atoms with Gasteiger partial charge in [-0.3, -0.25) is 4.79 Å². The third-order valence-electron chi connectivity index (χ3n) is 3.19. The Morgan fingerprint density at radius 2 is 1.81 bits per heavy atom. The lowest BCUT2D eigenvalue weighted by molar-refractivity contribution is -0.137. The van der Waals surface area contributed by atoms with E-state index in [0.29, 0.717) is 0 Å². The van der Waals surface area contributed by atoms with Crippen molar-refractivity contribution >= 4 is 17.6 Å². The first kappa shape index (κ1) is 19.3. The van der Waals surface area contributed by atoms with Crippen molar-refractivity contribution in [2.24, 2.45) is 0 Å². The molecule has 2 aromatic rings. The van der Waals surface area contributed by atoms with Crippen molar-refractivity contribution in [3.05, 3.63) is 59.7 Å². The van der Waals surface area contributed by atoms with Gasteiger partial charge in [-0.25, -0.2) is 4.79 Å². The summed E-state index contributed by atoms with van der Waals surface area (Å²) in [5.41, 5.74) is -0.588. The molecule has 0 atom stereocenters. The van der Waals surface area contributed by atoms with E-state index in [0.717, 1.165) is 12.1 Å². The molecule has 2 aromatic carbocycles. The van der Waals surface area contributed by atoms with Crippen molar-refractivity contribution in [1.29, 1.82) is 0 Å². The number of rotatable bonds is 6. The van der Waals surface area contributed by atoms with Crippen LogP contribution in [0, 0.1) is 0 Å². The molecule has 1 amide bonds. The van der Waals surface area contributed by atoms with E-state index in [-0.39, 0.29) is 23.6 Å². The number of amides is 1. The van der Waals surface area contributed by atoms with Gasteiger partial charge < -0.3 is 14.8 Å². The number of alkyl halides is 3. The number of hydrogen-bond donors (Lipinski definition) is 1. The van der Waals surface area contributed by atoms with Gasteiger partial charge in [-0.05, 0) is 43.3 Å². The number of carbonyl (C=O) groups is 2. The zero-order chi connectivity index (χ0) is 19.2. The standard InChI is InChI=1S/C18H16F3NO4/c1-2-25-17(24)12-5-3-8-15(9-12)26-11-16(23)22-14-7-4-6-13(10-14)18(19,20)21/h3-10H,2,11H2,1H3,(H,22,23). The predicted octanol–water partition coefficient (Wildman–Crippen LogP) is 3.90. The minimum atomic E-state index is -4.50. The Balaban J connectivity index is 1.95. The lowest BCUT2D eigenvalue weighted by atomic mass is 10.2. The molecule has 1 N–H and O–H groups in total. The van der Waals surface area contributed by atoms with E-state index < -0.39 is 30.2 Å². The largest absolute Gasteiger partial charge is 0.484 e. The lowest BCUT2D eigenvalue weighted by Crippen LogP contribution is -2.20. The van der Waals surface area contributed by atoms with Crippen LogP contribution in [0.5, 0.6) is 5.75 Å². The quantitative estimate of drug-likeness (QED) is 0.787. The molecular formula is C18H16F3NO4. The van der Waals surface area contributed by atoms with Crippen molar-refractivity contribution in [3.63, 3.8) is 0 Å². The van der Waals surface area contributed by atoms with Crippen LogP contribution in [0.15, 0.2) is 48.5 Å². The average Bonchev–Trinajstić information content (AvgIpc) is 2.60. The molecule has 0 bridgehead atoms. The second-order valence-corrected chi connectivity index (χ2v) is 5.16. The number of halogens is 3. The molecule has 26 heavy (non-hydrogen) atoms. The molecule has 0 saturated heterocycles. The van der Waals surface area contributed by atoms with Crippen LogP contribution in [-0.4, -0.2) is 25.1 Å². The maximum absolute atomic E-state index is 12.7. The van der Waals surface area contributed by atoms with Crippen molar-refractivity contribution < 1.29 is 32.2 Å². The molecule has 138 valence electrons. The van der Waals surface area contributed by atoms with E-state index >= 15 is 0 Å². The predicted molar refractivity (Wildman–Crippen MR) is 88.0 cm³/mol. The van der Waals surface area contributed by atoms with Crippen molar-refractivity contribution in [2.45, 2.75) is 13.1 Å². The first-order valence-electron chi connectivity index (χ1n) is 7.66. The van der Waals surface area contributed by atoms with Crippen molar-refractivity contribution in [2.75, 3.05) is 18.5 Å².